The maximum absolute atomic E-state index is 12.0. The van der Waals surface area contributed by atoms with Crippen molar-refractivity contribution in [3.05, 3.63) is 58.6 Å². The van der Waals surface area contributed by atoms with Crippen LogP contribution in [-0.2, 0) is 4.79 Å². The van der Waals surface area contributed by atoms with Gasteiger partial charge in [-0.3, -0.25) is 20.4 Å². The minimum atomic E-state index is -0.360. The van der Waals surface area contributed by atoms with Crippen molar-refractivity contribution in [2.75, 3.05) is 25.6 Å². The first kappa shape index (κ1) is 20.6. The summed E-state index contributed by atoms with van der Waals surface area (Å²) in [5.41, 5.74) is 7.24. The largest absolute Gasteiger partial charge is 0.493 e. The predicted molar refractivity (Wildman–Crippen MR) is 107 cm³/mol. The van der Waals surface area contributed by atoms with Crippen molar-refractivity contribution in [3.8, 4) is 5.75 Å². The summed E-state index contributed by atoms with van der Waals surface area (Å²) in [4.78, 5) is 25.8. The molecule has 0 radical (unpaired) electrons. The van der Waals surface area contributed by atoms with Crippen LogP contribution < -0.4 is 20.5 Å². The predicted octanol–water partition coefficient (Wildman–Crippen LogP) is 3.33. The maximum Gasteiger partial charge on any atom is 0.269 e. The molecule has 6 nitrogen and oxygen atoms in total. The van der Waals surface area contributed by atoms with Crippen LogP contribution >= 0.6 is 11.6 Å². The Morgan fingerprint density at radius 1 is 1.07 bits per heavy atom. The van der Waals surface area contributed by atoms with Crippen molar-refractivity contribution in [1.82, 2.24) is 10.9 Å². The molecule has 2 N–H and O–H groups in total. The first-order valence-corrected chi connectivity index (χ1v) is 9.00. The highest BCUT2D eigenvalue weighted by Crippen LogP contribution is 2.21. The summed E-state index contributed by atoms with van der Waals surface area (Å²) in [7, 11) is 3.85. The molecule has 2 aromatic rings. The van der Waals surface area contributed by atoms with Crippen molar-refractivity contribution < 1.29 is 14.3 Å². The van der Waals surface area contributed by atoms with Crippen LogP contribution in [0.1, 0.15) is 28.8 Å². The number of amides is 2. The summed E-state index contributed by atoms with van der Waals surface area (Å²) < 4.78 is 5.64. The molecule has 0 saturated carbocycles. The van der Waals surface area contributed by atoms with E-state index in [9.17, 15) is 9.59 Å². The Labute approximate surface area is 164 Å². The average Bonchev–Trinajstić information content (AvgIpc) is 2.64. The van der Waals surface area contributed by atoms with Crippen LogP contribution in [0.2, 0.25) is 5.02 Å². The molecular weight excluding hydrogens is 366 g/mol. The van der Waals surface area contributed by atoms with Gasteiger partial charge >= 0.3 is 0 Å². The third-order valence-electron chi connectivity index (χ3n) is 3.90. The molecule has 7 heteroatoms. The third-order valence-corrected chi connectivity index (χ3v) is 4.14. The second-order valence-electron chi connectivity index (χ2n) is 6.31. The maximum atomic E-state index is 12.0. The third kappa shape index (κ3) is 6.49. The van der Waals surface area contributed by atoms with Gasteiger partial charge in [-0.2, -0.15) is 0 Å². The molecule has 0 heterocycles. The number of aryl methyl sites for hydroxylation is 1. The van der Waals surface area contributed by atoms with Gasteiger partial charge in [0.15, 0.2) is 0 Å². The normalized spacial score (nSPS) is 10.2. The van der Waals surface area contributed by atoms with E-state index in [2.05, 4.69) is 10.9 Å². The smallest absolute Gasteiger partial charge is 0.269 e. The van der Waals surface area contributed by atoms with Crippen molar-refractivity contribution in [1.29, 1.82) is 0 Å². The van der Waals surface area contributed by atoms with E-state index >= 15 is 0 Å². The van der Waals surface area contributed by atoms with Gasteiger partial charge in [-0.15, -0.1) is 0 Å². The lowest BCUT2D eigenvalue weighted by Gasteiger charge is -2.13. The van der Waals surface area contributed by atoms with Crippen molar-refractivity contribution in [3.63, 3.8) is 0 Å². The molecule has 0 aliphatic rings. The van der Waals surface area contributed by atoms with Crippen LogP contribution in [0.15, 0.2) is 42.5 Å². The molecule has 2 amide bonds. The summed E-state index contributed by atoms with van der Waals surface area (Å²) in [6.07, 6.45) is 0.772. The summed E-state index contributed by atoms with van der Waals surface area (Å²) >= 11 is 5.90. The van der Waals surface area contributed by atoms with Crippen molar-refractivity contribution in [2.45, 2.75) is 19.8 Å². The highest BCUT2D eigenvalue weighted by atomic mass is 35.5. The lowest BCUT2D eigenvalue weighted by molar-refractivity contribution is -0.122. The fourth-order valence-corrected chi connectivity index (χ4v) is 2.59. The van der Waals surface area contributed by atoms with Gasteiger partial charge in [0.1, 0.15) is 5.75 Å². The van der Waals surface area contributed by atoms with E-state index in [-0.39, 0.29) is 18.2 Å². The molecule has 0 saturated heterocycles. The van der Waals surface area contributed by atoms with Gasteiger partial charge in [-0.1, -0.05) is 11.6 Å². The Morgan fingerprint density at radius 3 is 2.41 bits per heavy atom. The standard InChI is InChI=1S/C20H24ClN3O3/c1-14-13-16(21)8-11-18(14)27-12-4-5-19(25)22-23-20(26)15-6-9-17(10-7-15)24(2)3/h6-11,13H,4-5,12H2,1-3H3,(H,22,25)(H,23,26). The number of nitrogens with one attached hydrogen (secondary N) is 2. The van der Waals surface area contributed by atoms with Crippen molar-refractivity contribution >= 4 is 29.1 Å². The van der Waals surface area contributed by atoms with E-state index in [1.54, 1.807) is 24.3 Å². The summed E-state index contributed by atoms with van der Waals surface area (Å²) in [6, 6.07) is 12.5. The van der Waals surface area contributed by atoms with Gasteiger partial charge in [0.25, 0.3) is 5.91 Å². The number of hydrogen-bond donors (Lipinski definition) is 2. The SMILES string of the molecule is Cc1cc(Cl)ccc1OCCCC(=O)NNC(=O)c1ccc(N(C)C)cc1. The number of halogens is 1. The van der Waals surface area contributed by atoms with Gasteiger partial charge in [-0.05, 0) is 61.4 Å². The Kier molecular flexibility index (Phi) is 7.49. The van der Waals surface area contributed by atoms with Crippen LogP contribution in [0.4, 0.5) is 5.69 Å². The quantitative estimate of drug-likeness (QED) is 0.563. The van der Waals surface area contributed by atoms with Gasteiger partial charge in [0, 0.05) is 36.8 Å². The van der Waals surface area contributed by atoms with Gasteiger partial charge in [-0.25, -0.2) is 0 Å². The molecule has 0 spiro atoms. The van der Waals surface area contributed by atoms with Crippen molar-refractivity contribution in [2.24, 2.45) is 0 Å². The fourth-order valence-electron chi connectivity index (χ4n) is 2.36. The summed E-state index contributed by atoms with van der Waals surface area (Å²) in [5, 5.41) is 0.659. The highest BCUT2D eigenvalue weighted by molar-refractivity contribution is 6.30. The second kappa shape index (κ2) is 9.83. The first-order valence-electron chi connectivity index (χ1n) is 8.62. The molecule has 144 valence electrons. The molecule has 0 bridgehead atoms. The zero-order valence-corrected chi connectivity index (χ0v) is 16.5. The van der Waals surface area contributed by atoms with Crippen LogP contribution in [0, 0.1) is 6.92 Å². The molecule has 0 atom stereocenters. The number of nitrogens with zero attached hydrogens (tertiary/aromatic N) is 1. The molecule has 0 unspecified atom stereocenters. The van der Waals surface area contributed by atoms with E-state index in [4.69, 9.17) is 16.3 Å². The number of benzene rings is 2. The summed E-state index contributed by atoms with van der Waals surface area (Å²) in [6.45, 7) is 2.31. The number of rotatable bonds is 7. The zero-order valence-electron chi connectivity index (χ0n) is 15.7. The van der Waals surface area contributed by atoms with Gasteiger partial charge < -0.3 is 9.64 Å². The Balaban J connectivity index is 1.69. The molecule has 0 aliphatic carbocycles. The molecule has 2 aromatic carbocycles. The lowest BCUT2D eigenvalue weighted by atomic mass is 10.2. The Hall–Kier alpha value is -2.73. The van der Waals surface area contributed by atoms with E-state index in [1.165, 1.54) is 0 Å². The summed E-state index contributed by atoms with van der Waals surface area (Å²) in [5.74, 6) is 0.112. The topological polar surface area (TPSA) is 70.7 Å². The van der Waals surface area contributed by atoms with Crippen LogP contribution in [-0.4, -0.2) is 32.5 Å². The Bertz CT molecular complexity index is 792. The Morgan fingerprint density at radius 2 is 1.78 bits per heavy atom. The number of ether oxygens (including phenoxy) is 1. The zero-order chi connectivity index (χ0) is 19.8. The van der Waals surface area contributed by atoms with E-state index in [0.717, 1.165) is 17.0 Å². The monoisotopic (exact) mass is 389 g/mol. The molecule has 27 heavy (non-hydrogen) atoms. The average molecular weight is 390 g/mol. The first-order chi connectivity index (χ1) is 12.9. The van der Waals surface area contributed by atoms with Gasteiger partial charge in [0.05, 0.1) is 6.61 Å². The number of anilines is 1. The number of hydrogen-bond acceptors (Lipinski definition) is 4. The van der Waals surface area contributed by atoms with E-state index < -0.39 is 0 Å². The van der Waals surface area contributed by atoms with Crippen LogP contribution in [0.3, 0.4) is 0 Å². The minimum Gasteiger partial charge on any atom is -0.493 e. The molecule has 0 aliphatic heterocycles. The minimum absolute atomic E-state index is 0.243. The lowest BCUT2D eigenvalue weighted by Crippen LogP contribution is -2.41. The van der Waals surface area contributed by atoms with E-state index in [0.29, 0.717) is 23.6 Å². The number of carbonyl (C=O) groups is 2. The molecular formula is C20H24ClN3O3. The van der Waals surface area contributed by atoms with Crippen LogP contribution in [0.5, 0.6) is 5.75 Å². The molecule has 0 aromatic heterocycles. The van der Waals surface area contributed by atoms with Gasteiger partial charge in [0.2, 0.25) is 5.91 Å². The number of carbonyl (C=O) groups excluding carboxylic acids is 2. The van der Waals surface area contributed by atoms with Crippen LogP contribution in [0.25, 0.3) is 0 Å². The number of hydrazine groups is 1. The molecule has 2 rings (SSSR count). The second-order valence-corrected chi connectivity index (χ2v) is 6.74. The highest BCUT2D eigenvalue weighted by Gasteiger charge is 2.08. The molecule has 0 fully saturated rings. The van der Waals surface area contributed by atoms with E-state index in [1.807, 2.05) is 44.1 Å². The fraction of sp³-hybridized carbons (Fsp3) is 0.300.